The number of benzene rings is 2. The summed E-state index contributed by atoms with van der Waals surface area (Å²) in [5, 5.41) is 6.54. The van der Waals surface area contributed by atoms with Crippen LogP contribution in [0.2, 0.25) is 0 Å². The molecule has 0 aliphatic rings. The van der Waals surface area contributed by atoms with Gasteiger partial charge in [-0.2, -0.15) is 0 Å². The van der Waals surface area contributed by atoms with E-state index in [0.29, 0.717) is 23.7 Å². The lowest BCUT2D eigenvalue weighted by Gasteiger charge is -2.16. The highest BCUT2D eigenvalue weighted by molar-refractivity contribution is 6.39. The van der Waals surface area contributed by atoms with Gasteiger partial charge in [0.05, 0.1) is 0 Å². The minimum absolute atomic E-state index is 0.348. The second kappa shape index (κ2) is 7.65. The van der Waals surface area contributed by atoms with E-state index in [9.17, 15) is 9.59 Å². The molecule has 3 aromatic rings. The number of likely N-dealkylation sites (N-methyl/N-ethyl adjacent to an activating group) is 1. The second-order valence-corrected chi connectivity index (χ2v) is 5.94. The molecule has 0 saturated carbocycles. The number of nitrogens with one attached hydrogen (secondary N) is 1. The third kappa shape index (κ3) is 3.80. The largest absolute Gasteiger partial charge is 0.354 e. The topological polar surface area (TPSA) is 75.4 Å². The van der Waals surface area contributed by atoms with Crippen molar-refractivity contribution in [2.75, 3.05) is 12.4 Å². The number of carbonyl (C=O) groups excluding carboxylic acids is 2. The number of anilines is 1. The third-order valence-corrected chi connectivity index (χ3v) is 3.94. The van der Waals surface area contributed by atoms with Gasteiger partial charge in [0.1, 0.15) is 11.4 Å². The molecule has 0 fully saturated rings. The molecule has 0 aliphatic carbocycles. The van der Waals surface area contributed by atoms with Gasteiger partial charge in [-0.15, -0.1) is 0 Å². The molecule has 0 aliphatic heterocycles. The Morgan fingerprint density at radius 3 is 2.31 bits per heavy atom. The molecule has 0 saturated heterocycles. The van der Waals surface area contributed by atoms with E-state index in [1.807, 2.05) is 60.7 Å². The summed E-state index contributed by atoms with van der Waals surface area (Å²) in [5.41, 5.74) is 2.63. The van der Waals surface area contributed by atoms with Gasteiger partial charge in [0.2, 0.25) is 0 Å². The van der Waals surface area contributed by atoms with E-state index in [1.165, 1.54) is 4.90 Å². The zero-order chi connectivity index (χ0) is 18.5. The van der Waals surface area contributed by atoms with Crippen molar-refractivity contribution in [2.24, 2.45) is 0 Å². The molecule has 1 aromatic heterocycles. The average Bonchev–Trinajstić information content (AvgIpc) is 3.03. The van der Waals surface area contributed by atoms with Crippen molar-refractivity contribution >= 4 is 17.5 Å². The van der Waals surface area contributed by atoms with Crippen LogP contribution >= 0.6 is 0 Å². The van der Waals surface area contributed by atoms with E-state index >= 15 is 0 Å². The fourth-order valence-corrected chi connectivity index (χ4v) is 2.57. The number of hydrogen-bond acceptors (Lipinski definition) is 4. The van der Waals surface area contributed by atoms with Crippen molar-refractivity contribution in [3.05, 3.63) is 71.9 Å². The van der Waals surface area contributed by atoms with E-state index in [1.54, 1.807) is 14.0 Å². The van der Waals surface area contributed by atoms with Crippen LogP contribution in [-0.4, -0.2) is 28.9 Å². The molecular weight excluding hydrogens is 330 g/mol. The Morgan fingerprint density at radius 2 is 1.65 bits per heavy atom. The molecule has 0 atom stereocenters. The maximum atomic E-state index is 12.4. The fourth-order valence-electron chi connectivity index (χ4n) is 2.57. The van der Waals surface area contributed by atoms with Gasteiger partial charge in [-0.05, 0) is 12.5 Å². The fraction of sp³-hybridized carbons (Fsp3) is 0.150. The summed E-state index contributed by atoms with van der Waals surface area (Å²) in [6.07, 6.45) is 0. The molecular formula is C20H19N3O3. The Bertz CT molecular complexity index is 905. The van der Waals surface area contributed by atoms with Crippen LogP contribution in [0.1, 0.15) is 11.3 Å². The Balaban J connectivity index is 1.74. The Labute approximate surface area is 151 Å². The van der Waals surface area contributed by atoms with Crippen molar-refractivity contribution in [1.29, 1.82) is 0 Å². The molecule has 132 valence electrons. The van der Waals surface area contributed by atoms with E-state index in [2.05, 4.69) is 10.5 Å². The summed E-state index contributed by atoms with van der Waals surface area (Å²) >= 11 is 0. The molecule has 0 spiro atoms. The normalized spacial score (nSPS) is 10.4. The van der Waals surface area contributed by atoms with Gasteiger partial charge in [-0.3, -0.25) is 9.59 Å². The van der Waals surface area contributed by atoms with E-state index in [-0.39, 0.29) is 0 Å². The maximum absolute atomic E-state index is 12.4. The molecule has 2 aromatic carbocycles. The van der Waals surface area contributed by atoms with Crippen molar-refractivity contribution in [3.8, 4) is 11.3 Å². The highest BCUT2D eigenvalue weighted by atomic mass is 16.5. The van der Waals surface area contributed by atoms with Crippen LogP contribution in [0, 0.1) is 6.92 Å². The van der Waals surface area contributed by atoms with Crippen LogP contribution in [0.5, 0.6) is 0 Å². The smallest absolute Gasteiger partial charge is 0.314 e. The average molecular weight is 349 g/mol. The molecule has 3 rings (SSSR count). The molecule has 6 heteroatoms. The van der Waals surface area contributed by atoms with Crippen LogP contribution in [0.15, 0.2) is 65.2 Å². The lowest BCUT2D eigenvalue weighted by atomic mass is 10.1. The van der Waals surface area contributed by atoms with Gasteiger partial charge in [-0.25, -0.2) is 0 Å². The number of carbonyl (C=O) groups is 2. The van der Waals surface area contributed by atoms with E-state index in [0.717, 1.165) is 11.1 Å². The van der Waals surface area contributed by atoms with Crippen molar-refractivity contribution in [2.45, 2.75) is 13.5 Å². The first kappa shape index (κ1) is 17.4. The highest BCUT2D eigenvalue weighted by Crippen LogP contribution is 2.30. The minimum atomic E-state index is -0.730. The summed E-state index contributed by atoms with van der Waals surface area (Å²) in [6, 6.07) is 18.8. The number of hydrogen-bond donors (Lipinski definition) is 1. The molecule has 0 radical (unpaired) electrons. The summed E-state index contributed by atoms with van der Waals surface area (Å²) < 4.78 is 5.33. The van der Waals surface area contributed by atoms with Gasteiger partial charge in [0.15, 0.2) is 5.76 Å². The SMILES string of the molecule is Cc1noc(-c2ccccc2)c1NC(=O)C(=O)N(C)Cc1ccccc1. The van der Waals surface area contributed by atoms with Gasteiger partial charge in [0.25, 0.3) is 0 Å². The van der Waals surface area contributed by atoms with Crippen LogP contribution in [0.3, 0.4) is 0 Å². The molecule has 1 N–H and O–H groups in total. The van der Waals surface area contributed by atoms with E-state index < -0.39 is 11.8 Å². The molecule has 6 nitrogen and oxygen atoms in total. The summed E-state index contributed by atoms with van der Waals surface area (Å²) in [4.78, 5) is 26.2. The zero-order valence-corrected chi connectivity index (χ0v) is 14.6. The Morgan fingerprint density at radius 1 is 1.04 bits per heavy atom. The molecule has 1 heterocycles. The van der Waals surface area contributed by atoms with Crippen LogP contribution < -0.4 is 5.32 Å². The first-order chi connectivity index (χ1) is 12.6. The summed E-state index contributed by atoms with van der Waals surface area (Å²) in [7, 11) is 1.59. The quantitative estimate of drug-likeness (QED) is 0.734. The first-order valence-electron chi connectivity index (χ1n) is 8.18. The zero-order valence-electron chi connectivity index (χ0n) is 14.6. The summed E-state index contributed by atoms with van der Waals surface area (Å²) in [5.74, 6) is -0.935. The number of amides is 2. The molecule has 26 heavy (non-hydrogen) atoms. The Kier molecular flexibility index (Phi) is 5.12. The third-order valence-electron chi connectivity index (χ3n) is 3.94. The second-order valence-electron chi connectivity index (χ2n) is 5.94. The molecule has 0 unspecified atom stereocenters. The maximum Gasteiger partial charge on any atom is 0.314 e. The molecule has 2 amide bonds. The van der Waals surface area contributed by atoms with Crippen molar-refractivity contribution in [3.63, 3.8) is 0 Å². The number of nitrogens with zero attached hydrogens (tertiary/aromatic N) is 2. The van der Waals surface area contributed by atoms with Gasteiger partial charge >= 0.3 is 11.8 Å². The minimum Gasteiger partial charge on any atom is -0.354 e. The van der Waals surface area contributed by atoms with Crippen LogP contribution in [0.25, 0.3) is 11.3 Å². The monoisotopic (exact) mass is 349 g/mol. The van der Waals surface area contributed by atoms with Crippen molar-refractivity contribution < 1.29 is 14.1 Å². The lowest BCUT2D eigenvalue weighted by molar-refractivity contribution is -0.142. The van der Waals surface area contributed by atoms with Gasteiger partial charge < -0.3 is 14.7 Å². The Hall–Kier alpha value is -3.41. The molecule has 0 bridgehead atoms. The predicted molar refractivity (Wildman–Crippen MR) is 98.2 cm³/mol. The standard InChI is InChI=1S/C20H19N3O3/c1-14-17(18(26-22-14)16-11-7-4-8-12-16)21-19(24)20(25)23(2)13-15-9-5-3-6-10-15/h3-12H,13H2,1-2H3,(H,21,24). The number of rotatable bonds is 4. The predicted octanol–water partition coefficient (Wildman–Crippen LogP) is 3.25. The van der Waals surface area contributed by atoms with Crippen molar-refractivity contribution in [1.82, 2.24) is 10.1 Å². The lowest BCUT2D eigenvalue weighted by Crippen LogP contribution is -2.36. The van der Waals surface area contributed by atoms with Crippen LogP contribution in [-0.2, 0) is 16.1 Å². The summed E-state index contributed by atoms with van der Waals surface area (Å²) in [6.45, 7) is 2.06. The van der Waals surface area contributed by atoms with E-state index in [4.69, 9.17) is 4.52 Å². The first-order valence-corrected chi connectivity index (χ1v) is 8.18. The number of aryl methyl sites for hydroxylation is 1. The van der Waals surface area contributed by atoms with Gasteiger partial charge in [0, 0.05) is 19.2 Å². The van der Waals surface area contributed by atoms with Gasteiger partial charge in [-0.1, -0.05) is 65.8 Å². The number of aromatic nitrogens is 1. The highest BCUT2D eigenvalue weighted by Gasteiger charge is 2.23. The van der Waals surface area contributed by atoms with Crippen LogP contribution in [0.4, 0.5) is 5.69 Å².